The molecule has 0 spiro atoms. The molecule has 2 N–H and O–H groups in total. The SMILES string of the molecule is CS(=O)(=O)C1CSCCN1S(=O)(=O)c1nnc(N)s1. The molecule has 2 rings (SSSR count). The van der Waals surface area contributed by atoms with Crippen molar-refractivity contribution in [2.75, 3.05) is 30.0 Å². The first-order valence-corrected chi connectivity index (χ1v) is 10.5. The highest BCUT2D eigenvalue weighted by molar-refractivity contribution is 8.01. The molecule has 0 saturated carbocycles. The number of nitrogens with zero attached hydrogens (tertiary/aromatic N) is 3. The second-order valence-corrected chi connectivity index (χ2v) is 10.3. The lowest BCUT2D eigenvalue weighted by atomic mass is 10.6. The maximum atomic E-state index is 12.4. The van der Waals surface area contributed by atoms with E-state index in [1.54, 1.807) is 0 Å². The average Bonchev–Trinajstić information content (AvgIpc) is 2.75. The molecule has 1 aliphatic rings. The number of hydrogen-bond donors (Lipinski definition) is 1. The Balaban J connectivity index is 2.43. The molecule has 1 atom stereocenters. The van der Waals surface area contributed by atoms with Gasteiger partial charge in [-0.1, -0.05) is 11.3 Å². The van der Waals surface area contributed by atoms with E-state index in [-0.39, 0.29) is 21.8 Å². The number of hydrogen-bond acceptors (Lipinski definition) is 9. The number of sulfone groups is 1. The van der Waals surface area contributed by atoms with E-state index in [2.05, 4.69) is 10.2 Å². The van der Waals surface area contributed by atoms with Crippen LogP contribution in [-0.4, -0.2) is 61.0 Å². The number of rotatable bonds is 3. The molecular weight excluding hydrogens is 332 g/mol. The summed E-state index contributed by atoms with van der Waals surface area (Å²) in [4.78, 5) is 0. The second-order valence-electron chi connectivity index (χ2n) is 3.88. The monoisotopic (exact) mass is 344 g/mol. The van der Waals surface area contributed by atoms with Gasteiger partial charge < -0.3 is 5.73 Å². The third kappa shape index (κ3) is 3.02. The van der Waals surface area contributed by atoms with E-state index < -0.39 is 25.2 Å². The van der Waals surface area contributed by atoms with Gasteiger partial charge in [0.1, 0.15) is 5.37 Å². The van der Waals surface area contributed by atoms with Crippen LogP contribution in [0.2, 0.25) is 0 Å². The van der Waals surface area contributed by atoms with Crippen LogP contribution >= 0.6 is 23.1 Å². The summed E-state index contributed by atoms with van der Waals surface area (Å²) in [5.74, 6) is 0.756. The average molecular weight is 344 g/mol. The van der Waals surface area contributed by atoms with Crippen LogP contribution < -0.4 is 5.73 Å². The third-order valence-corrected chi connectivity index (χ3v) is 8.27. The summed E-state index contributed by atoms with van der Waals surface area (Å²) >= 11 is 2.13. The first kappa shape index (κ1) is 15.0. The molecule has 0 radical (unpaired) electrons. The zero-order valence-corrected chi connectivity index (χ0v) is 13.1. The number of nitrogen functional groups attached to an aromatic ring is 1. The number of sulfonamides is 1. The van der Waals surface area contributed by atoms with E-state index >= 15 is 0 Å². The van der Waals surface area contributed by atoms with Crippen molar-refractivity contribution in [2.24, 2.45) is 0 Å². The second kappa shape index (κ2) is 5.16. The van der Waals surface area contributed by atoms with Crippen molar-refractivity contribution in [3.63, 3.8) is 0 Å². The van der Waals surface area contributed by atoms with E-state index in [9.17, 15) is 16.8 Å². The minimum atomic E-state index is -3.97. The smallest absolute Gasteiger partial charge is 0.273 e. The van der Waals surface area contributed by atoms with Gasteiger partial charge in [-0.05, 0) is 0 Å². The number of aromatic nitrogens is 2. The Hall–Kier alpha value is -0.430. The van der Waals surface area contributed by atoms with E-state index in [0.717, 1.165) is 21.9 Å². The van der Waals surface area contributed by atoms with Gasteiger partial charge in [0, 0.05) is 24.3 Å². The van der Waals surface area contributed by atoms with Crippen LogP contribution in [0.15, 0.2) is 4.34 Å². The normalized spacial score (nSPS) is 22.5. The highest BCUT2D eigenvalue weighted by Crippen LogP contribution is 2.28. The van der Waals surface area contributed by atoms with Crippen LogP contribution in [0, 0.1) is 0 Å². The first-order valence-electron chi connectivity index (χ1n) is 5.10. The minimum Gasteiger partial charge on any atom is -0.374 e. The van der Waals surface area contributed by atoms with Crippen LogP contribution in [0.1, 0.15) is 0 Å². The molecule has 1 aromatic rings. The topological polar surface area (TPSA) is 123 Å². The summed E-state index contributed by atoms with van der Waals surface area (Å²) in [5, 5.41) is 5.90. The molecular formula is C7H12N4O4S4. The Morgan fingerprint density at radius 1 is 1.32 bits per heavy atom. The molecule has 19 heavy (non-hydrogen) atoms. The van der Waals surface area contributed by atoms with Crippen LogP contribution in [0.5, 0.6) is 0 Å². The van der Waals surface area contributed by atoms with Crippen molar-refractivity contribution in [3.05, 3.63) is 0 Å². The van der Waals surface area contributed by atoms with E-state index in [0.29, 0.717) is 5.75 Å². The molecule has 8 nitrogen and oxygen atoms in total. The molecule has 1 aromatic heterocycles. The Kier molecular flexibility index (Phi) is 4.07. The first-order chi connectivity index (χ1) is 8.73. The molecule has 108 valence electrons. The molecule has 0 aromatic carbocycles. The number of thioether (sulfide) groups is 1. The van der Waals surface area contributed by atoms with Gasteiger partial charge in [0.25, 0.3) is 10.0 Å². The highest BCUT2D eigenvalue weighted by Gasteiger charge is 2.41. The lowest BCUT2D eigenvalue weighted by Crippen LogP contribution is -2.49. The van der Waals surface area contributed by atoms with Crippen molar-refractivity contribution >= 4 is 48.1 Å². The quantitative estimate of drug-likeness (QED) is 0.758. The molecule has 0 aliphatic carbocycles. The fourth-order valence-electron chi connectivity index (χ4n) is 1.60. The van der Waals surface area contributed by atoms with Gasteiger partial charge in [-0.3, -0.25) is 0 Å². The molecule has 2 heterocycles. The summed E-state index contributed by atoms with van der Waals surface area (Å²) in [6, 6.07) is 0. The van der Waals surface area contributed by atoms with E-state index in [4.69, 9.17) is 5.73 Å². The lowest BCUT2D eigenvalue weighted by Gasteiger charge is -2.31. The predicted octanol–water partition coefficient (Wildman–Crippen LogP) is -0.771. The Bertz CT molecular complexity index is 667. The minimum absolute atomic E-state index is 0.0286. The molecule has 12 heteroatoms. The van der Waals surface area contributed by atoms with Gasteiger partial charge in [-0.15, -0.1) is 10.2 Å². The summed E-state index contributed by atoms with van der Waals surface area (Å²) in [5.41, 5.74) is 5.36. The van der Waals surface area contributed by atoms with Gasteiger partial charge in [0.2, 0.25) is 9.47 Å². The van der Waals surface area contributed by atoms with Crippen molar-refractivity contribution in [3.8, 4) is 0 Å². The molecule has 0 bridgehead atoms. The van der Waals surface area contributed by atoms with Gasteiger partial charge in [-0.25, -0.2) is 16.8 Å². The summed E-state index contributed by atoms with van der Waals surface area (Å²) in [7, 11) is -7.48. The van der Waals surface area contributed by atoms with Gasteiger partial charge >= 0.3 is 0 Å². The molecule has 1 aliphatic heterocycles. The third-order valence-electron chi connectivity index (χ3n) is 2.48. The van der Waals surface area contributed by atoms with Gasteiger partial charge in [-0.2, -0.15) is 16.1 Å². The fourth-order valence-corrected chi connectivity index (χ4v) is 7.67. The van der Waals surface area contributed by atoms with Crippen molar-refractivity contribution in [1.29, 1.82) is 0 Å². The Morgan fingerprint density at radius 2 is 2.00 bits per heavy atom. The number of anilines is 1. The lowest BCUT2D eigenvalue weighted by molar-refractivity contribution is 0.404. The molecule has 0 amide bonds. The fraction of sp³-hybridized carbons (Fsp3) is 0.714. The summed E-state index contributed by atoms with van der Waals surface area (Å²) in [6.07, 6.45) is 1.03. The van der Waals surface area contributed by atoms with Crippen molar-refractivity contribution in [1.82, 2.24) is 14.5 Å². The van der Waals surface area contributed by atoms with Crippen LogP contribution in [0.25, 0.3) is 0 Å². The summed E-state index contributed by atoms with van der Waals surface area (Å²) in [6.45, 7) is 0.129. The van der Waals surface area contributed by atoms with Crippen LogP contribution in [-0.2, 0) is 19.9 Å². The maximum absolute atomic E-state index is 12.4. The Labute approximate surface area is 119 Å². The summed E-state index contributed by atoms with van der Waals surface area (Å²) < 4.78 is 48.8. The predicted molar refractivity (Wildman–Crippen MR) is 74.2 cm³/mol. The molecule has 1 fully saturated rings. The highest BCUT2D eigenvalue weighted by atomic mass is 32.2. The largest absolute Gasteiger partial charge is 0.374 e. The van der Waals surface area contributed by atoms with Crippen LogP contribution in [0.4, 0.5) is 5.13 Å². The zero-order chi connectivity index (χ0) is 14.3. The number of nitrogens with two attached hydrogens (primary N) is 1. The zero-order valence-electron chi connectivity index (χ0n) is 9.88. The van der Waals surface area contributed by atoms with Crippen LogP contribution in [0.3, 0.4) is 0 Å². The van der Waals surface area contributed by atoms with E-state index in [1.165, 1.54) is 11.8 Å². The standard InChI is InChI=1S/C7H12N4O4S4/c1-18(12,13)5-4-16-3-2-11(5)19(14,15)7-10-9-6(8)17-7/h5H,2-4H2,1H3,(H2,8,9). The van der Waals surface area contributed by atoms with E-state index in [1.807, 2.05) is 0 Å². The molecule has 1 unspecified atom stereocenters. The van der Waals surface area contributed by atoms with Crippen molar-refractivity contribution in [2.45, 2.75) is 9.71 Å². The Morgan fingerprint density at radius 3 is 2.53 bits per heavy atom. The van der Waals surface area contributed by atoms with Crippen molar-refractivity contribution < 1.29 is 16.8 Å². The maximum Gasteiger partial charge on any atom is 0.273 e. The van der Waals surface area contributed by atoms with Gasteiger partial charge in [0.05, 0.1) is 0 Å². The molecule has 1 saturated heterocycles. The van der Waals surface area contributed by atoms with Gasteiger partial charge in [0.15, 0.2) is 9.84 Å².